The third-order valence-electron chi connectivity index (χ3n) is 2.80. The standard InChI is InChI=1S/C15H18N2O3/c1-3-20-15(18)14-12(8-5-7-11-19-2)17-10-6-4-9-13(17)16-14/h4-6,8-10H,3,7,11H2,1-2H3. The molecule has 0 aromatic carbocycles. The molecule has 0 aliphatic rings. The van der Waals surface area contributed by atoms with Crippen molar-refractivity contribution in [2.45, 2.75) is 13.3 Å². The highest BCUT2D eigenvalue weighted by Gasteiger charge is 2.17. The summed E-state index contributed by atoms with van der Waals surface area (Å²) in [5.74, 6) is -0.400. The predicted molar refractivity (Wildman–Crippen MR) is 76.7 cm³/mol. The Balaban J connectivity index is 2.39. The molecule has 0 fully saturated rings. The van der Waals surface area contributed by atoms with Crippen molar-refractivity contribution < 1.29 is 14.3 Å². The molecule has 0 amide bonds. The molecule has 0 aliphatic carbocycles. The highest BCUT2D eigenvalue weighted by molar-refractivity contribution is 5.92. The predicted octanol–water partition coefficient (Wildman–Crippen LogP) is 2.56. The summed E-state index contributed by atoms with van der Waals surface area (Å²) < 4.78 is 11.9. The summed E-state index contributed by atoms with van der Waals surface area (Å²) in [6.07, 6.45) is 6.49. The number of hydrogen-bond acceptors (Lipinski definition) is 4. The number of pyridine rings is 1. The number of aromatic nitrogens is 2. The van der Waals surface area contributed by atoms with Gasteiger partial charge in [-0.05, 0) is 31.6 Å². The summed E-state index contributed by atoms with van der Waals surface area (Å²) >= 11 is 0. The topological polar surface area (TPSA) is 52.8 Å². The average molecular weight is 274 g/mol. The largest absolute Gasteiger partial charge is 0.461 e. The molecule has 0 unspecified atom stereocenters. The van der Waals surface area contributed by atoms with E-state index in [1.165, 1.54) is 0 Å². The molecule has 2 aromatic heterocycles. The van der Waals surface area contributed by atoms with Crippen LogP contribution in [-0.4, -0.2) is 35.7 Å². The summed E-state index contributed by atoms with van der Waals surface area (Å²) in [5.41, 5.74) is 1.80. The number of ether oxygens (including phenoxy) is 2. The first-order chi connectivity index (χ1) is 9.77. The van der Waals surface area contributed by atoms with Gasteiger partial charge in [0.1, 0.15) is 5.65 Å². The van der Waals surface area contributed by atoms with Crippen LogP contribution in [0, 0.1) is 0 Å². The van der Waals surface area contributed by atoms with Gasteiger partial charge in [0.05, 0.1) is 12.3 Å². The maximum absolute atomic E-state index is 12.0. The molecule has 5 nitrogen and oxygen atoms in total. The fraction of sp³-hybridized carbons (Fsp3) is 0.333. The molecule has 106 valence electrons. The lowest BCUT2D eigenvalue weighted by molar-refractivity contribution is 0.0520. The molecule has 0 aliphatic heterocycles. The molecule has 2 heterocycles. The normalized spacial score (nSPS) is 11.3. The van der Waals surface area contributed by atoms with Crippen molar-refractivity contribution in [3.63, 3.8) is 0 Å². The average Bonchev–Trinajstić information content (AvgIpc) is 2.83. The second-order valence-electron chi connectivity index (χ2n) is 4.18. The van der Waals surface area contributed by atoms with E-state index in [4.69, 9.17) is 9.47 Å². The Bertz CT molecular complexity index is 617. The maximum Gasteiger partial charge on any atom is 0.359 e. The van der Waals surface area contributed by atoms with E-state index in [1.807, 2.05) is 40.9 Å². The molecule has 0 saturated carbocycles. The smallest absolute Gasteiger partial charge is 0.359 e. The quantitative estimate of drug-likeness (QED) is 0.600. The van der Waals surface area contributed by atoms with Crippen LogP contribution >= 0.6 is 0 Å². The van der Waals surface area contributed by atoms with E-state index in [0.717, 1.165) is 17.8 Å². The number of esters is 1. The minimum absolute atomic E-state index is 0.333. The zero-order chi connectivity index (χ0) is 14.4. The first-order valence-electron chi connectivity index (χ1n) is 6.57. The van der Waals surface area contributed by atoms with Crippen LogP contribution in [0.25, 0.3) is 11.7 Å². The number of nitrogens with zero attached hydrogens (tertiary/aromatic N) is 2. The van der Waals surface area contributed by atoms with Gasteiger partial charge in [0, 0.05) is 19.9 Å². The zero-order valence-corrected chi connectivity index (χ0v) is 11.7. The summed E-state index contributed by atoms with van der Waals surface area (Å²) in [4.78, 5) is 16.3. The summed E-state index contributed by atoms with van der Waals surface area (Å²) in [5, 5.41) is 0. The van der Waals surface area contributed by atoms with Gasteiger partial charge in [0.25, 0.3) is 0 Å². The van der Waals surface area contributed by atoms with Crippen LogP contribution in [0.4, 0.5) is 0 Å². The zero-order valence-electron chi connectivity index (χ0n) is 11.7. The van der Waals surface area contributed by atoms with Crippen molar-refractivity contribution in [3.05, 3.63) is 41.9 Å². The number of hydrogen-bond donors (Lipinski definition) is 0. The van der Waals surface area contributed by atoms with Crippen LogP contribution in [0.5, 0.6) is 0 Å². The summed E-state index contributed by atoms with van der Waals surface area (Å²) in [7, 11) is 1.66. The maximum atomic E-state index is 12.0. The molecular formula is C15H18N2O3. The van der Waals surface area contributed by atoms with E-state index in [-0.39, 0.29) is 0 Å². The van der Waals surface area contributed by atoms with Crippen molar-refractivity contribution in [2.75, 3.05) is 20.3 Å². The molecule has 2 rings (SSSR count). The number of methoxy groups -OCH3 is 1. The number of imidazole rings is 1. The SMILES string of the molecule is CCOC(=O)c1nc2ccccn2c1C=CCCOC. The Morgan fingerprint density at radius 3 is 3.05 bits per heavy atom. The lowest BCUT2D eigenvalue weighted by Crippen LogP contribution is -2.07. The Kier molecular flexibility index (Phi) is 4.90. The van der Waals surface area contributed by atoms with Crippen LogP contribution in [0.3, 0.4) is 0 Å². The second-order valence-corrected chi connectivity index (χ2v) is 4.18. The highest BCUT2D eigenvalue weighted by Crippen LogP contribution is 2.15. The van der Waals surface area contributed by atoms with E-state index in [1.54, 1.807) is 14.0 Å². The van der Waals surface area contributed by atoms with Crippen LogP contribution in [0.1, 0.15) is 29.5 Å². The van der Waals surface area contributed by atoms with Gasteiger partial charge in [-0.1, -0.05) is 12.1 Å². The molecule has 0 bridgehead atoms. The Morgan fingerprint density at radius 2 is 2.30 bits per heavy atom. The van der Waals surface area contributed by atoms with Crippen molar-refractivity contribution in [3.8, 4) is 0 Å². The molecule has 0 atom stereocenters. The summed E-state index contributed by atoms with van der Waals surface area (Å²) in [6.45, 7) is 2.75. The van der Waals surface area contributed by atoms with E-state index >= 15 is 0 Å². The minimum Gasteiger partial charge on any atom is -0.461 e. The van der Waals surface area contributed by atoms with Crippen LogP contribution in [0.2, 0.25) is 0 Å². The van der Waals surface area contributed by atoms with Gasteiger partial charge in [0.2, 0.25) is 0 Å². The molecule has 20 heavy (non-hydrogen) atoms. The van der Waals surface area contributed by atoms with E-state index in [9.17, 15) is 4.79 Å². The molecule has 5 heteroatoms. The molecule has 0 spiro atoms. The van der Waals surface area contributed by atoms with Gasteiger partial charge in [-0.25, -0.2) is 9.78 Å². The fourth-order valence-electron chi connectivity index (χ4n) is 1.90. The first kappa shape index (κ1) is 14.3. The molecular weight excluding hydrogens is 256 g/mol. The first-order valence-corrected chi connectivity index (χ1v) is 6.57. The van der Waals surface area contributed by atoms with Crippen molar-refractivity contribution in [1.29, 1.82) is 0 Å². The van der Waals surface area contributed by atoms with E-state index in [2.05, 4.69) is 4.98 Å². The van der Waals surface area contributed by atoms with Gasteiger partial charge in [0.15, 0.2) is 5.69 Å². The Morgan fingerprint density at radius 1 is 1.45 bits per heavy atom. The lowest BCUT2D eigenvalue weighted by atomic mass is 10.2. The number of rotatable bonds is 6. The Labute approximate surface area is 117 Å². The van der Waals surface area contributed by atoms with Crippen molar-refractivity contribution >= 4 is 17.7 Å². The summed E-state index contributed by atoms with van der Waals surface area (Å²) in [6, 6.07) is 5.64. The second kappa shape index (κ2) is 6.86. The van der Waals surface area contributed by atoms with Gasteiger partial charge >= 0.3 is 5.97 Å². The van der Waals surface area contributed by atoms with Gasteiger partial charge < -0.3 is 9.47 Å². The monoisotopic (exact) mass is 274 g/mol. The third kappa shape index (κ3) is 3.05. The highest BCUT2D eigenvalue weighted by atomic mass is 16.5. The van der Waals surface area contributed by atoms with Gasteiger partial charge in [-0.3, -0.25) is 4.40 Å². The van der Waals surface area contributed by atoms with Gasteiger partial charge in [-0.2, -0.15) is 0 Å². The van der Waals surface area contributed by atoms with E-state index in [0.29, 0.717) is 18.9 Å². The number of carbonyl (C=O) groups is 1. The van der Waals surface area contributed by atoms with Gasteiger partial charge in [-0.15, -0.1) is 0 Å². The molecule has 2 aromatic rings. The molecule has 0 N–H and O–H groups in total. The van der Waals surface area contributed by atoms with E-state index < -0.39 is 5.97 Å². The number of carbonyl (C=O) groups excluding carboxylic acids is 1. The van der Waals surface area contributed by atoms with Crippen LogP contribution < -0.4 is 0 Å². The fourth-order valence-corrected chi connectivity index (χ4v) is 1.90. The van der Waals surface area contributed by atoms with Crippen molar-refractivity contribution in [2.24, 2.45) is 0 Å². The molecule has 0 saturated heterocycles. The Hall–Kier alpha value is -2.14. The molecule has 0 radical (unpaired) electrons. The van der Waals surface area contributed by atoms with Crippen molar-refractivity contribution in [1.82, 2.24) is 9.38 Å². The minimum atomic E-state index is -0.400. The third-order valence-corrected chi connectivity index (χ3v) is 2.80. The number of fused-ring (bicyclic) bond motifs is 1. The lowest BCUT2D eigenvalue weighted by Gasteiger charge is -2.00. The van der Waals surface area contributed by atoms with Crippen LogP contribution in [0.15, 0.2) is 30.5 Å². The van der Waals surface area contributed by atoms with Crippen LogP contribution in [-0.2, 0) is 9.47 Å².